The fourth-order valence-electron chi connectivity index (χ4n) is 2.04. The lowest BCUT2D eigenvalue weighted by Crippen LogP contribution is -2.03. The van der Waals surface area contributed by atoms with Gasteiger partial charge in [-0.05, 0) is 48.7 Å². The summed E-state index contributed by atoms with van der Waals surface area (Å²) in [5, 5.41) is 9.17. The molecule has 110 valence electrons. The number of hydrogen-bond acceptors (Lipinski definition) is 3. The van der Waals surface area contributed by atoms with E-state index < -0.39 is 5.97 Å². The summed E-state index contributed by atoms with van der Waals surface area (Å²) >= 11 is 0. The van der Waals surface area contributed by atoms with Crippen molar-refractivity contribution in [2.45, 2.75) is 20.5 Å². The highest BCUT2D eigenvalue weighted by Crippen LogP contribution is 2.23. The maximum atomic E-state index is 11.2. The van der Waals surface area contributed by atoms with E-state index in [1.54, 1.807) is 18.2 Å². The van der Waals surface area contributed by atoms with Gasteiger partial charge in [0, 0.05) is 0 Å². The molecule has 4 nitrogen and oxygen atoms in total. The molecule has 0 saturated carbocycles. The summed E-state index contributed by atoms with van der Waals surface area (Å²) in [5.74, 6) is 0.140. The third kappa shape index (κ3) is 3.54. The Balaban J connectivity index is 2.18. The summed E-state index contributed by atoms with van der Waals surface area (Å²) in [6.07, 6.45) is 0. The van der Waals surface area contributed by atoms with Gasteiger partial charge in [0.2, 0.25) is 0 Å². The number of aryl methyl sites for hydroxylation is 2. The molecule has 0 saturated heterocycles. The van der Waals surface area contributed by atoms with E-state index in [1.807, 2.05) is 32.0 Å². The molecule has 0 radical (unpaired) electrons. The van der Waals surface area contributed by atoms with Crippen LogP contribution in [0.3, 0.4) is 0 Å². The Morgan fingerprint density at radius 1 is 1.10 bits per heavy atom. The quantitative estimate of drug-likeness (QED) is 0.912. The van der Waals surface area contributed by atoms with Crippen LogP contribution in [0.2, 0.25) is 0 Å². The molecule has 1 N–H and O–H groups in total. The second-order valence-corrected chi connectivity index (χ2v) is 4.90. The lowest BCUT2D eigenvalue weighted by atomic mass is 10.1. The van der Waals surface area contributed by atoms with E-state index in [0.717, 1.165) is 22.4 Å². The van der Waals surface area contributed by atoms with Crippen LogP contribution in [0.4, 0.5) is 0 Å². The standard InChI is InChI=1S/C17H18O4/c1-11-4-5-12(2)16(8-11)21-10-13-6-7-15(20-3)14(9-13)17(18)19/h4-9H,10H2,1-3H3,(H,18,19). The zero-order chi connectivity index (χ0) is 15.4. The Hall–Kier alpha value is -2.49. The van der Waals surface area contributed by atoms with Crippen molar-refractivity contribution in [2.24, 2.45) is 0 Å². The van der Waals surface area contributed by atoms with Crippen LogP contribution in [-0.4, -0.2) is 18.2 Å². The van der Waals surface area contributed by atoms with E-state index in [0.29, 0.717) is 12.4 Å². The summed E-state index contributed by atoms with van der Waals surface area (Å²) in [6, 6.07) is 11.0. The molecule has 21 heavy (non-hydrogen) atoms. The Morgan fingerprint density at radius 3 is 2.52 bits per heavy atom. The monoisotopic (exact) mass is 286 g/mol. The van der Waals surface area contributed by atoms with Gasteiger partial charge in [-0.3, -0.25) is 0 Å². The molecule has 0 aromatic heterocycles. The van der Waals surface area contributed by atoms with Crippen molar-refractivity contribution in [1.29, 1.82) is 0 Å². The smallest absolute Gasteiger partial charge is 0.339 e. The minimum Gasteiger partial charge on any atom is -0.496 e. The summed E-state index contributed by atoms with van der Waals surface area (Å²) < 4.78 is 10.8. The zero-order valence-corrected chi connectivity index (χ0v) is 12.3. The summed E-state index contributed by atoms with van der Waals surface area (Å²) in [5.41, 5.74) is 3.10. The summed E-state index contributed by atoms with van der Waals surface area (Å²) in [4.78, 5) is 11.2. The molecule has 0 fully saturated rings. The Morgan fingerprint density at radius 2 is 1.86 bits per heavy atom. The Kier molecular flexibility index (Phi) is 4.48. The maximum Gasteiger partial charge on any atom is 0.339 e. The van der Waals surface area contributed by atoms with E-state index >= 15 is 0 Å². The van der Waals surface area contributed by atoms with E-state index in [9.17, 15) is 4.79 Å². The highest BCUT2D eigenvalue weighted by atomic mass is 16.5. The SMILES string of the molecule is COc1ccc(COc2cc(C)ccc2C)cc1C(=O)O. The molecule has 2 rings (SSSR count). The van der Waals surface area contributed by atoms with Gasteiger partial charge < -0.3 is 14.6 Å². The van der Waals surface area contributed by atoms with Gasteiger partial charge in [-0.15, -0.1) is 0 Å². The van der Waals surface area contributed by atoms with Crippen LogP contribution in [0.5, 0.6) is 11.5 Å². The summed E-state index contributed by atoms with van der Waals surface area (Å²) in [6.45, 7) is 4.29. The van der Waals surface area contributed by atoms with Gasteiger partial charge >= 0.3 is 5.97 Å². The maximum absolute atomic E-state index is 11.2. The van der Waals surface area contributed by atoms with Crippen molar-refractivity contribution in [1.82, 2.24) is 0 Å². The molecule has 0 bridgehead atoms. The number of aromatic carboxylic acids is 1. The number of rotatable bonds is 5. The van der Waals surface area contributed by atoms with E-state index in [2.05, 4.69) is 0 Å². The second-order valence-electron chi connectivity index (χ2n) is 4.90. The molecule has 0 unspecified atom stereocenters. The number of carboxylic acid groups (broad SMARTS) is 1. The predicted octanol–water partition coefficient (Wildman–Crippen LogP) is 3.59. The van der Waals surface area contributed by atoms with Crippen LogP contribution in [0.25, 0.3) is 0 Å². The molecular weight excluding hydrogens is 268 g/mol. The first kappa shape index (κ1) is 14.9. The van der Waals surface area contributed by atoms with Crippen molar-refractivity contribution >= 4 is 5.97 Å². The lowest BCUT2D eigenvalue weighted by Gasteiger charge is -2.11. The second kappa shape index (κ2) is 6.31. The highest BCUT2D eigenvalue weighted by molar-refractivity contribution is 5.91. The van der Waals surface area contributed by atoms with Crippen molar-refractivity contribution in [3.8, 4) is 11.5 Å². The molecule has 2 aromatic carbocycles. The van der Waals surface area contributed by atoms with Crippen LogP contribution >= 0.6 is 0 Å². The largest absolute Gasteiger partial charge is 0.496 e. The highest BCUT2D eigenvalue weighted by Gasteiger charge is 2.12. The molecule has 0 aliphatic heterocycles. The molecule has 0 spiro atoms. The molecule has 0 atom stereocenters. The van der Waals surface area contributed by atoms with Gasteiger partial charge in [0.15, 0.2) is 0 Å². The molecule has 4 heteroatoms. The fourth-order valence-corrected chi connectivity index (χ4v) is 2.04. The molecule has 2 aromatic rings. The average Bonchev–Trinajstić information content (AvgIpc) is 2.47. The first-order chi connectivity index (χ1) is 10.0. The number of carboxylic acids is 1. The summed E-state index contributed by atoms with van der Waals surface area (Å²) in [7, 11) is 1.45. The first-order valence-corrected chi connectivity index (χ1v) is 6.61. The van der Waals surface area contributed by atoms with Crippen LogP contribution in [0, 0.1) is 13.8 Å². The Bertz CT molecular complexity index is 662. The number of ether oxygens (including phenoxy) is 2. The van der Waals surface area contributed by atoms with Gasteiger partial charge in [-0.1, -0.05) is 18.2 Å². The van der Waals surface area contributed by atoms with Crippen molar-refractivity contribution < 1.29 is 19.4 Å². The van der Waals surface area contributed by atoms with E-state index in [4.69, 9.17) is 14.6 Å². The minimum atomic E-state index is -1.01. The molecule has 0 aliphatic rings. The van der Waals surface area contributed by atoms with Crippen LogP contribution in [0.15, 0.2) is 36.4 Å². The average molecular weight is 286 g/mol. The molecular formula is C17H18O4. The third-order valence-corrected chi connectivity index (χ3v) is 3.23. The number of hydrogen-bond donors (Lipinski definition) is 1. The van der Waals surface area contributed by atoms with Crippen molar-refractivity contribution in [2.75, 3.05) is 7.11 Å². The third-order valence-electron chi connectivity index (χ3n) is 3.23. The van der Waals surface area contributed by atoms with Crippen LogP contribution < -0.4 is 9.47 Å². The van der Waals surface area contributed by atoms with Gasteiger partial charge in [0.05, 0.1) is 7.11 Å². The van der Waals surface area contributed by atoms with Crippen molar-refractivity contribution in [3.63, 3.8) is 0 Å². The van der Waals surface area contributed by atoms with Crippen LogP contribution in [-0.2, 0) is 6.61 Å². The molecule has 0 amide bonds. The molecule has 0 aliphatic carbocycles. The predicted molar refractivity (Wildman–Crippen MR) is 80.2 cm³/mol. The number of carbonyl (C=O) groups is 1. The molecule has 0 heterocycles. The lowest BCUT2D eigenvalue weighted by molar-refractivity contribution is 0.0693. The topological polar surface area (TPSA) is 55.8 Å². The van der Waals surface area contributed by atoms with Crippen molar-refractivity contribution in [3.05, 3.63) is 58.7 Å². The first-order valence-electron chi connectivity index (χ1n) is 6.61. The van der Waals surface area contributed by atoms with Gasteiger partial charge in [-0.2, -0.15) is 0 Å². The van der Waals surface area contributed by atoms with Gasteiger partial charge in [0.25, 0.3) is 0 Å². The van der Waals surface area contributed by atoms with E-state index in [-0.39, 0.29) is 5.56 Å². The normalized spacial score (nSPS) is 10.2. The minimum absolute atomic E-state index is 0.138. The van der Waals surface area contributed by atoms with Crippen LogP contribution in [0.1, 0.15) is 27.0 Å². The number of benzene rings is 2. The van der Waals surface area contributed by atoms with Gasteiger partial charge in [-0.25, -0.2) is 4.79 Å². The van der Waals surface area contributed by atoms with E-state index in [1.165, 1.54) is 7.11 Å². The fraction of sp³-hybridized carbons (Fsp3) is 0.235. The number of methoxy groups -OCH3 is 1. The van der Waals surface area contributed by atoms with Gasteiger partial charge in [0.1, 0.15) is 23.7 Å². The zero-order valence-electron chi connectivity index (χ0n) is 12.3. The Labute approximate surface area is 123 Å².